The fourth-order valence-corrected chi connectivity index (χ4v) is 3.27. The van der Waals surface area contributed by atoms with E-state index in [1.807, 2.05) is 23.6 Å². The highest BCUT2D eigenvalue weighted by atomic mass is 32.1. The van der Waals surface area contributed by atoms with E-state index in [0.717, 1.165) is 16.0 Å². The van der Waals surface area contributed by atoms with Crippen molar-refractivity contribution in [3.63, 3.8) is 0 Å². The van der Waals surface area contributed by atoms with Crippen LogP contribution in [0.1, 0.15) is 12.6 Å². The summed E-state index contributed by atoms with van der Waals surface area (Å²) in [5.74, 6) is -0.686. The number of nitrogens with zero attached hydrogens (tertiary/aromatic N) is 1. The quantitative estimate of drug-likeness (QED) is 0.690. The number of carbonyl (C=O) groups is 2. The lowest BCUT2D eigenvalue weighted by Crippen LogP contribution is -2.31. The third-order valence-corrected chi connectivity index (χ3v) is 4.57. The minimum absolute atomic E-state index is 0.117. The third-order valence-electron chi connectivity index (χ3n) is 3.63. The average Bonchev–Trinajstić information content (AvgIpc) is 3.08. The van der Waals surface area contributed by atoms with Crippen LogP contribution in [-0.2, 0) is 20.7 Å². The predicted molar refractivity (Wildman–Crippen MR) is 98.4 cm³/mol. The molecule has 0 aliphatic rings. The molecule has 0 spiro atoms. The fraction of sp³-hybridized carbons (Fsp3) is 0.211. The molecule has 0 bridgehead atoms. The molecule has 1 aromatic heterocycles. The van der Waals surface area contributed by atoms with E-state index in [0.29, 0.717) is 12.3 Å². The largest absolute Gasteiger partial charge is 0.465 e. The first kappa shape index (κ1) is 17.1. The van der Waals surface area contributed by atoms with Crippen LogP contribution in [-0.4, -0.2) is 30.0 Å². The summed E-state index contributed by atoms with van der Waals surface area (Å²) in [6.45, 7) is 1.91. The van der Waals surface area contributed by atoms with Crippen molar-refractivity contribution in [1.29, 1.82) is 0 Å². The summed E-state index contributed by atoms with van der Waals surface area (Å²) < 4.78 is 4.77. The number of fused-ring (bicyclic) bond motifs is 1. The SMILES string of the molecule is CCOC(=O)CNC(=O)Cc1csc(-c2ccc3ccccc3c2)n1. The van der Waals surface area contributed by atoms with E-state index in [1.165, 1.54) is 16.7 Å². The number of hydrogen-bond acceptors (Lipinski definition) is 5. The Kier molecular flexibility index (Phi) is 5.40. The second-order valence-electron chi connectivity index (χ2n) is 5.46. The van der Waals surface area contributed by atoms with Crippen molar-refractivity contribution in [3.8, 4) is 10.6 Å². The second-order valence-corrected chi connectivity index (χ2v) is 6.32. The molecule has 0 aliphatic heterocycles. The molecule has 25 heavy (non-hydrogen) atoms. The van der Waals surface area contributed by atoms with Gasteiger partial charge in [0.1, 0.15) is 11.6 Å². The normalized spacial score (nSPS) is 10.6. The lowest BCUT2D eigenvalue weighted by molar-refractivity contribution is -0.143. The number of carbonyl (C=O) groups excluding carboxylic acids is 2. The predicted octanol–water partition coefficient (Wildman–Crippen LogP) is 3.19. The van der Waals surface area contributed by atoms with Gasteiger partial charge in [0.25, 0.3) is 0 Å². The molecular weight excluding hydrogens is 336 g/mol. The van der Waals surface area contributed by atoms with E-state index < -0.39 is 5.97 Å². The Balaban J connectivity index is 1.65. The van der Waals surface area contributed by atoms with Crippen molar-refractivity contribution in [2.24, 2.45) is 0 Å². The molecule has 6 heteroatoms. The number of amides is 1. The van der Waals surface area contributed by atoms with Gasteiger partial charge in [-0.15, -0.1) is 11.3 Å². The molecule has 0 radical (unpaired) electrons. The van der Waals surface area contributed by atoms with E-state index >= 15 is 0 Å². The van der Waals surface area contributed by atoms with Crippen LogP contribution in [0.3, 0.4) is 0 Å². The molecule has 0 unspecified atom stereocenters. The Morgan fingerprint density at radius 3 is 2.76 bits per heavy atom. The van der Waals surface area contributed by atoms with Gasteiger partial charge in [-0.3, -0.25) is 9.59 Å². The molecule has 3 aromatic rings. The zero-order valence-electron chi connectivity index (χ0n) is 13.8. The maximum absolute atomic E-state index is 11.9. The van der Waals surface area contributed by atoms with Gasteiger partial charge in [-0.2, -0.15) is 0 Å². The maximum atomic E-state index is 11.9. The summed E-state index contributed by atoms with van der Waals surface area (Å²) in [6.07, 6.45) is 0.142. The van der Waals surface area contributed by atoms with Gasteiger partial charge in [0.2, 0.25) is 5.91 Å². The lowest BCUT2D eigenvalue weighted by atomic mass is 10.1. The van der Waals surface area contributed by atoms with Crippen LogP contribution in [0.4, 0.5) is 0 Å². The van der Waals surface area contributed by atoms with Gasteiger partial charge < -0.3 is 10.1 Å². The van der Waals surface area contributed by atoms with Crippen LogP contribution in [0.15, 0.2) is 47.8 Å². The first-order valence-corrected chi connectivity index (χ1v) is 8.89. The minimum Gasteiger partial charge on any atom is -0.465 e. The molecule has 0 atom stereocenters. The summed E-state index contributed by atoms with van der Waals surface area (Å²) in [6, 6.07) is 14.4. The van der Waals surface area contributed by atoms with Crippen LogP contribution in [0.5, 0.6) is 0 Å². The molecule has 128 valence electrons. The van der Waals surface area contributed by atoms with E-state index in [9.17, 15) is 9.59 Å². The van der Waals surface area contributed by atoms with Gasteiger partial charge in [-0.05, 0) is 23.8 Å². The van der Waals surface area contributed by atoms with Gasteiger partial charge in [-0.25, -0.2) is 4.98 Å². The highest BCUT2D eigenvalue weighted by molar-refractivity contribution is 7.13. The van der Waals surface area contributed by atoms with E-state index in [1.54, 1.807) is 6.92 Å². The second kappa shape index (κ2) is 7.90. The summed E-state index contributed by atoms with van der Waals surface area (Å²) in [5, 5.41) is 7.62. The first-order valence-electron chi connectivity index (χ1n) is 8.01. The fourth-order valence-electron chi connectivity index (χ4n) is 2.45. The molecule has 2 aromatic carbocycles. The van der Waals surface area contributed by atoms with Crippen molar-refractivity contribution in [3.05, 3.63) is 53.5 Å². The van der Waals surface area contributed by atoms with Crippen molar-refractivity contribution in [1.82, 2.24) is 10.3 Å². The van der Waals surface area contributed by atoms with Gasteiger partial charge in [0.05, 0.1) is 18.7 Å². The summed E-state index contributed by atoms with van der Waals surface area (Å²) in [5.41, 5.74) is 1.72. The van der Waals surface area contributed by atoms with Gasteiger partial charge in [0.15, 0.2) is 0 Å². The molecule has 0 aliphatic carbocycles. The zero-order valence-corrected chi connectivity index (χ0v) is 14.6. The van der Waals surface area contributed by atoms with Gasteiger partial charge in [-0.1, -0.05) is 36.4 Å². The molecule has 0 fully saturated rings. The Morgan fingerprint density at radius 1 is 1.16 bits per heavy atom. The van der Waals surface area contributed by atoms with Crippen molar-refractivity contribution in [2.45, 2.75) is 13.3 Å². The van der Waals surface area contributed by atoms with Crippen molar-refractivity contribution >= 4 is 34.0 Å². The Bertz CT molecular complexity index is 904. The number of esters is 1. The number of ether oxygens (including phenoxy) is 1. The van der Waals surface area contributed by atoms with Crippen LogP contribution in [0.25, 0.3) is 21.3 Å². The molecule has 5 nitrogen and oxygen atoms in total. The number of thiazole rings is 1. The molecule has 1 N–H and O–H groups in total. The van der Waals surface area contributed by atoms with E-state index in [4.69, 9.17) is 4.74 Å². The molecule has 1 heterocycles. The van der Waals surface area contributed by atoms with Crippen LogP contribution < -0.4 is 5.32 Å². The Hall–Kier alpha value is -2.73. The summed E-state index contributed by atoms with van der Waals surface area (Å²) in [4.78, 5) is 27.7. The zero-order chi connectivity index (χ0) is 17.6. The number of hydrogen-bond donors (Lipinski definition) is 1. The van der Waals surface area contributed by atoms with E-state index in [-0.39, 0.29) is 18.9 Å². The average molecular weight is 354 g/mol. The van der Waals surface area contributed by atoms with Crippen molar-refractivity contribution < 1.29 is 14.3 Å². The number of aromatic nitrogens is 1. The van der Waals surface area contributed by atoms with Gasteiger partial charge in [0, 0.05) is 10.9 Å². The Labute approximate surface area is 149 Å². The summed E-state index contributed by atoms with van der Waals surface area (Å²) in [7, 11) is 0. The highest BCUT2D eigenvalue weighted by Gasteiger charge is 2.11. The highest BCUT2D eigenvalue weighted by Crippen LogP contribution is 2.27. The Morgan fingerprint density at radius 2 is 1.96 bits per heavy atom. The number of nitrogens with one attached hydrogen (secondary N) is 1. The van der Waals surface area contributed by atoms with Gasteiger partial charge >= 0.3 is 5.97 Å². The van der Waals surface area contributed by atoms with E-state index in [2.05, 4.69) is 34.6 Å². The number of benzene rings is 2. The standard InChI is InChI=1S/C19H18N2O3S/c1-2-24-18(23)11-20-17(22)10-16-12-25-19(21-16)15-8-7-13-5-3-4-6-14(13)9-15/h3-9,12H,2,10-11H2,1H3,(H,20,22). The molecule has 0 saturated carbocycles. The lowest BCUT2D eigenvalue weighted by Gasteiger charge is -2.03. The van der Waals surface area contributed by atoms with Crippen LogP contribution >= 0.6 is 11.3 Å². The van der Waals surface area contributed by atoms with Crippen LogP contribution in [0, 0.1) is 0 Å². The monoisotopic (exact) mass is 354 g/mol. The molecular formula is C19H18N2O3S. The minimum atomic E-state index is -0.439. The third kappa shape index (κ3) is 4.42. The van der Waals surface area contributed by atoms with Crippen molar-refractivity contribution in [2.75, 3.05) is 13.2 Å². The smallest absolute Gasteiger partial charge is 0.325 e. The molecule has 3 rings (SSSR count). The summed E-state index contributed by atoms with van der Waals surface area (Å²) >= 11 is 1.50. The topological polar surface area (TPSA) is 68.3 Å². The first-order chi connectivity index (χ1) is 12.2. The molecule has 1 amide bonds. The molecule has 0 saturated heterocycles. The van der Waals surface area contributed by atoms with Crippen LogP contribution in [0.2, 0.25) is 0 Å². The number of rotatable bonds is 6. The maximum Gasteiger partial charge on any atom is 0.325 e.